The van der Waals surface area contributed by atoms with Crippen molar-refractivity contribution in [3.05, 3.63) is 105 Å². The van der Waals surface area contributed by atoms with Gasteiger partial charge in [-0.05, 0) is 66.4 Å². The fourth-order valence-corrected chi connectivity index (χ4v) is 5.77. The molecule has 1 atom stereocenters. The van der Waals surface area contributed by atoms with Crippen LogP contribution in [0.15, 0.2) is 71.3 Å². The molecule has 6 rings (SSSR count). The summed E-state index contributed by atoms with van der Waals surface area (Å²) in [7, 11) is 1.31. The van der Waals surface area contributed by atoms with Gasteiger partial charge in [-0.25, -0.2) is 9.48 Å². The summed E-state index contributed by atoms with van der Waals surface area (Å²) in [5.41, 5.74) is 4.70. The summed E-state index contributed by atoms with van der Waals surface area (Å²) in [6, 6.07) is 16.9. The number of ketones is 1. The third-order valence-corrected chi connectivity index (χ3v) is 7.89. The molecule has 2 aliphatic heterocycles. The minimum absolute atomic E-state index is 0.0406. The highest BCUT2D eigenvalue weighted by atomic mass is 79.9. The molecule has 0 bridgehead atoms. The smallest absolute Gasteiger partial charge is 0.333 e. The van der Waals surface area contributed by atoms with Gasteiger partial charge >= 0.3 is 5.97 Å². The van der Waals surface area contributed by atoms with Crippen LogP contribution in [0, 0.1) is 6.92 Å². The molecule has 0 N–H and O–H groups in total. The number of nitrogens with zero attached hydrogens (tertiary/aromatic N) is 5. The third kappa shape index (κ3) is 4.61. The van der Waals surface area contributed by atoms with Gasteiger partial charge in [0, 0.05) is 11.0 Å². The molecule has 11 heteroatoms. The first-order valence-corrected chi connectivity index (χ1v) is 13.7. The average Bonchev–Trinajstić information content (AvgIpc) is 3.55. The summed E-state index contributed by atoms with van der Waals surface area (Å²) < 4.78 is 7.39. The molecule has 4 aromatic rings. The van der Waals surface area contributed by atoms with Crippen molar-refractivity contribution in [2.45, 2.75) is 25.9 Å². The van der Waals surface area contributed by atoms with Gasteiger partial charge in [-0.3, -0.25) is 19.3 Å². The summed E-state index contributed by atoms with van der Waals surface area (Å²) in [5, 5.41) is 8.48. The van der Waals surface area contributed by atoms with E-state index in [1.165, 1.54) is 21.6 Å². The van der Waals surface area contributed by atoms with Gasteiger partial charge < -0.3 is 9.64 Å². The van der Waals surface area contributed by atoms with Crippen LogP contribution in [0.3, 0.4) is 0 Å². The number of halogens is 1. The van der Waals surface area contributed by atoms with Crippen molar-refractivity contribution in [1.82, 2.24) is 19.9 Å². The van der Waals surface area contributed by atoms with Crippen molar-refractivity contribution >= 4 is 45.2 Å². The summed E-state index contributed by atoms with van der Waals surface area (Å²) in [6.45, 7) is 2.26. The number of carbonyl (C=O) groups is 4. The number of rotatable bonds is 5. The second kappa shape index (κ2) is 10.4. The molecule has 0 saturated heterocycles. The standard InChI is InChI=1S/C30H24BrN5O5/c1-17-7-10-22(28(38)34-12-11-18-8-9-19(31)14-23(18)26(34)30(40)41-2)25(13-17)36-16-20(32-33-36)15-35-24-6-4-3-5-21(24)27(37)29(35)39/h3-10,13-14,16,26H,11-12,15H2,1-2H3. The maximum atomic E-state index is 14.1. The van der Waals surface area contributed by atoms with E-state index < -0.39 is 23.7 Å². The topological polar surface area (TPSA) is 115 Å². The summed E-state index contributed by atoms with van der Waals surface area (Å²) >= 11 is 3.47. The maximum absolute atomic E-state index is 14.1. The van der Waals surface area contributed by atoms with Crippen molar-refractivity contribution < 1.29 is 23.9 Å². The van der Waals surface area contributed by atoms with Crippen LogP contribution in [-0.4, -0.2) is 57.1 Å². The van der Waals surface area contributed by atoms with E-state index in [9.17, 15) is 19.2 Å². The molecule has 0 spiro atoms. The fourth-order valence-electron chi connectivity index (χ4n) is 5.39. The lowest BCUT2D eigenvalue weighted by atomic mass is 9.91. The molecule has 2 amide bonds. The molecule has 0 fully saturated rings. The van der Waals surface area contributed by atoms with Crippen molar-refractivity contribution in [2.24, 2.45) is 0 Å². The van der Waals surface area contributed by atoms with Crippen LogP contribution in [0.4, 0.5) is 5.69 Å². The van der Waals surface area contributed by atoms with Gasteiger partial charge in [-0.2, -0.15) is 0 Å². The maximum Gasteiger partial charge on any atom is 0.333 e. The minimum Gasteiger partial charge on any atom is -0.467 e. The number of esters is 1. The first kappa shape index (κ1) is 26.6. The number of benzene rings is 3. The van der Waals surface area contributed by atoms with Crippen molar-refractivity contribution in [3.8, 4) is 5.69 Å². The van der Waals surface area contributed by atoms with E-state index in [2.05, 4.69) is 26.2 Å². The third-order valence-electron chi connectivity index (χ3n) is 7.39. The second-order valence-electron chi connectivity index (χ2n) is 9.93. The molecular formula is C30H24BrN5O5. The first-order chi connectivity index (χ1) is 19.8. The average molecular weight is 614 g/mol. The Kier molecular flexibility index (Phi) is 6.74. The van der Waals surface area contributed by atoms with Gasteiger partial charge in [0.15, 0.2) is 6.04 Å². The van der Waals surface area contributed by atoms with Crippen LogP contribution in [0.5, 0.6) is 0 Å². The van der Waals surface area contributed by atoms with E-state index in [1.807, 2.05) is 37.3 Å². The van der Waals surface area contributed by atoms with Crippen molar-refractivity contribution in [2.75, 3.05) is 18.6 Å². The molecule has 0 saturated carbocycles. The van der Waals surface area contributed by atoms with E-state index in [1.54, 1.807) is 36.5 Å². The number of carbonyl (C=O) groups excluding carboxylic acids is 4. The zero-order valence-electron chi connectivity index (χ0n) is 22.2. The Morgan fingerprint density at radius 3 is 2.66 bits per heavy atom. The Hall–Kier alpha value is -4.64. The summed E-state index contributed by atoms with van der Waals surface area (Å²) in [6.07, 6.45) is 2.21. The van der Waals surface area contributed by atoms with Crippen LogP contribution in [0.2, 0.25) is 0 Å². The highest BCUT2D eigenvalue weighted by Gasteiger charge is 2.39. The Labute approximate surface area is 243 Å². The highest BCUT2D eigenvalue weighted by molar-refractivity contribution is 9.10. The normalized spacial score (nSPS) is 16.0. The molecule has 1 aromatic heterocycles. The molecule has 10 nitrogen and oxygen atoms in total. The molecule has 1 unspecified atom stereocenters. The number of aromatic nitrogens is 3. The SMILES string of the molecule is COC(=O)C1c2cc(Br)ccc2CCN1C(=O)c1ccc(C)cc1-n1cc(CN2C(=O)C(=O)c3ccccc32)nn1. The minimum atomic E-state index is -0.909. The number of Topliss-reactive ketones (excluding diaryl/α,β-unsaturated/α-hetero) is 1. The van der Waals surface area contributed by atoms with Gasteiger partial charge in [0.05, 0.1) is 42.4 Å². The number of hydrogen-bond donors (Lipinski definition) is 0. The Morgan fingerprint density at radius 1 is 1.05 bits per heavy atom. The Bertz CT molecular complexity index is 1750. The number of fused-ring (bicyclic) bond motifs is 2. The predicted octanol–water partition coefficient (Wildman–Crippen LogP) is 3.98. The lowest BCUT2D eigenvalue weighted by molar-refractivity contribution is -0.146. The van der Waals surface area contributed by atoms with Gasteiger partial charge in [0.25, 0.3) is 17.6 Å². The number of ether oxygens (including phenoxy) is 1. The monoisotopic (exact) mass is 613 g/mol. The highest BCUT2D eigenvalue weighted by Crippen LogP contribution is 2.35. The van der Waals surface area contributed by atoms with E-state index in [0.717, 1.165) is 15.6 Å². The van der Waals surface area contributed by atoms with Gasteiger partial charge in [-0.1, -0.05) is 45.4 Å². The van der Waals surface area contributed by atoms with Crippen molar-refractivity contribution in [1.29, 1.82) is 0 Å². The Balaban J connectivity index is 1.34. The van der Waals surface area contributed by atoms with Crippen LogP contribution < -0.4 is 4.90 Å². The molecule has 0 aliphatic carbocycles. The van der Waals surface area contributed by atoms with Gasteiger partial charge in [-0.15, -0.1) is 5.10 Å². The number of methoxy groups -OCH3 is 1. The number of anilines is 1. The molecular weight excluding hydrogens is 590 g/mol. The first-order valence-electron chi connectivity index (χ1n) is 12.9. The summed E-state index contributed by atoms with van der Waals surface area (Å²) in [5.74, 6) is -2.07. The fraction of sp³-hybridized carbons (Fsp3) is 0.200. The van der Waals surface area contributed by atoms with Crippen LogP contribution in [0.1, 0.15) is 49.1 Å². The number of hydrogen-bond acceptors (Lipinski definition) is 7. The molecule has 3 heterocycles. The lowest BCUT2D eigenvalue weighted by Gasteiger charge is -2.36. The molecule has 2 aliphatic rings. The predicted molar refractivity (Wildman–Crippen MR) is 152 cm³/mol. The van der Waals surface area contributed by atoms with E-state index >= 15 is 0 Å². The van der Waals surface area contributed by atoms with E-state index in [0.29, 0.717) is 46.7 Å². The van der Waals surface area contributed by atoms with E-state index in [-0.39, 0.29) is 12.5 Å². The van der Waals surface area contributed by atoms with E-state index in [4.69, 9.17) is 4.74 Å². The summed E-state index contributed by atoms with van der Waals surface area (Å²) in [4.78, 5) is 55.0. The molecule has 0 radical (unpaired) electrons. The lowest BCUT2D eigenvalue weighted by Crippen LogP contribution is -2.44. The molecule has 41 heavy (non-hydrogen) atoms. The zero-order chi connectivity index (χ0) is 28.8. The quantitative estimate of drug-likeness (QED) is 0.247. The number of para-hydroxylation sites is 1. The largest absolute Gasteiger partial charge is 0.467 e. The van der Waals surface area contributed by atoms with Crippen LogP contribution in [0.25, 0.3) is 5.69 Å². The second-order valence-corrected chi connectivity index (χ2v) is 10.8. The van der Waals surface area contributed by atoms with Gasteiger partial charge in [0.2, 0.25) is 0 Å². The zero-order valence-corrected chi connectivity index (χ0v) is 23.8. The Morgan fingerprint density at radius 2 is 1.85 bits per heavy atom. The van der Waals surface area contributed by atoms with Crippen LogP contribution >= 0.6 is 15.9 Å². The number of aryl methyl sites for hydroxylation is 1. The van der Waals surface area contributed by atoms with Crippen LogP contribution in [-0.2, 0) is 27.3 Å². The number of amides is 2. The van der Waals surface area contributed by atoms with Crippen molar-refractivity contribution in [3.63, 3.8) is 0 Å². The molecule has 3 aromatic carbocycles. The molecule has 206 valence electrons. The van der Waals surface area contributed by atoms with Gasteiger partial charge in [0.1, 0.15) is 5.69 Å².